The summed E-state index contributed by atoms with van der Waals surface area (Å²) in [6.07, 6.45) is -5.38. The molecule has 1 nitrogen and oxygen atoms in total. The molecule has 0 aliphatic rings. The lowest BCUT2D eigenvalue weighted by atomic mass is 10.2. The zero-order valence-electron chi connectivity index (χ0n) is 9.47. The molecule has 0 bridgehead atoms. The van der Waals surface area contributed by atoms with Crippen molar-refractivity contribution in [3.8, 4) is 0 Å². The van der Waals surface area contributed by atoms with Gasteiger partial charge in [-0.15, -0.1) is 11.8 Å². The number of benzene rings is 1. The number of hydrogen-bond acceptors (Lipinski definition) is 2. The van der Waals surface area contributed by atoms with Crippen LogP contribution < -0.4 is 0 Å². The third-order valence-corrected chi connectivity index (χ3v) is 3.20. The Bertz CT molecular complexity index is 386. The van der Waals surface area contributed by atoms with Gasteiger partial charge in [-0.3, -0.25) is 4.79 Å². The van der Waals surface area contributed by atoms with Gasteiger partial charge in [0.25, 0.3) is 0 Å². The Labute approximate surface area is 107 Å². The highest BCUT2D eigenvalue weighted by Gasteiger charge is 2.26. The summed E-state index contributed by atoms with van der Waals surface area (Å²) < 4.78 is 48.1. The first-order chi connectivity index (χ1) is 8.37. The van der Waals surface area contributed by atoms with Crippen molar-refractivity contribution in [2.45, 2.75) is 30.3 Å². The molecule has 0 radical (unpaired) electrons. The van der Waals surface area contributed by atoms with Crippen molar-refractivity contribution in [3.63, 3.8) is 0 Å². The molecule has 1 aromatic carbocycles. The lowest BCUT2D eigenvalue weighted by Crippen LogP contribution is -2.09. The molecule has 0 saturated carbocycles. The molecule has 0 amide bonds. The van der Waals surface area contributed by atoms with Crippen LogP contribution in [0.4, 0.5) is 17.6 Å². The summed E-state index contributed by atoms with van der Waals surface area (Å²) in [6.45, 7) is 0. The Morgan fingerprint density at radius 2 is 1.78 bits per heavy atom. The summed E-state index contributed by atoms with van der Waals surface area (Å²) in [4.78, 5) is 12.0. The molecule has 1 rings (SSSR count). The third kappa shape index (κ3) is 6.64. The lowest BCUT2D eigenvalue weighted by Gasteiger charge is -2.05. The predicted molar refractivity (Wildman–Crippen MR) is 62.0 cm³/mol. The zero-order valence-corrected chi connectivity index (χ0v) is 10.3. The van der Waals surface area contributed by atoms with Crippen molar-refractivity contribution in [2.75, 3.05) is 5.75 Å². The highest BCUT2D eigenvalue weighted by Crippen LogP contribution is 2.23. The van der Waals surface area contributed by atoms with Crippen LogP contribution in [0.2, 0.25) is 0 Å². The number of carbonyl (C=O) groups is 1. The average molecular weight is 280 g/mol. The van der Waals surface area contributed by atoms with Gasteiger partial charge in [-0.05, 0) is 30.7 Å². The number of rotatable bonds is 6. The first-order valence-electron chi connectivity index (χ1n) is 5.33. The minimum atomic E-state index is -4.20. The normalized spacial score (nSPS) is 11.6. The van der Waals surface area contributed by atoms with Gasteiger partial charge in [0.1, 0.15) is 11.6 Å². The van der Waals surface area contributed by atoms with E-state index in [1.165, 1.54) is 36.0 Å². The summed E-state index contributed by atoms with van der Waals surface area (Å²) in [5.41, 5.74) is 0. The van der Waals surface area contributed by atoms with Gasteiger partial charge in [-0.2, -0.15) is 13.2 Å². The van der Waals surface area contributed by atoms with Gasteiger partial charge in [0.15, 0.2) is 0 Å². The highest BCUT2D eigenvalue weighted by atomic mass is 32.2. The molecule has 0 fully saturated rings. The molecule has 18 heavy (non-hydrogen) atoms. The molecule has 1 aromatic rings. The van der Waals surface area contributed by atoms with Gasteiger partial charge in [0, 0.05) is 17.7 Å². The van der Waals surface area contributed by atoms with E-state index in [9.17, 15) is 22.4 Å². The van der Waals surface area contributed by atoms with E-state index in [4.69, 9.17) is 0 Å². The van der Waals surface area contributed by atoms with Gasteiger partial charge in [-0.1, -0.05) is 0 Å². The molecule has 0 aliphatic carbocycles. The van der Waals surface area contributed by atoms with E-state index in [-0.39, 0.29) is 30.2 Å². The number of alkyl halides is 3. The molecule has 0 unspecified atom stereocenters. The van der Waals surface area contributed by atoms with Gasteiger partial charge >= 0.3 is 6.18 Å². The van der Waals surface area contributed by atoms with E-state index in [2.05, 4.69) is 0 Å². The quantitative estimate of drug-likeness (QED) is 0.573. The van der Waals surface area contributed by atoms with Crippen LogP contribution in [0.1, 0.15) is 19.3 Å². The van der Waals surface area contributed by atoms with Crippen molar-refractivity contribution in [2.24, 2.45) is 0 Å². The zero-order chi connectivity index (χ0) is 13.6. The van der Waals surface area contributed by atoms with Crippen molar-refractivity contribution >= 4 is 17.5 Å². The highest BCUT2D eigenvalue weighted by molar-refractivity contribution is 8.00. The molecule has 0 heterocycles. The Morgan fingerprint density at radius 3 is 2.33 bits per heavy atom. The van der Waals surface area contributed by atoms with Crippen LogP contribution in [0, 0.1) is 5.82 Å². The van der Waals surface area contributed by atoms with Gasteiger partial charge in [-0.25, -0.2) is 4.39 Å². The topological polar surface area (TPSA) is 17.1 Å². The van der Waals surface area contributed by atoms with E-state index in [0.717, 1.165) is 4.90 Å². The Morgan fingerprint density at radius 1 is 1.17 bits per heavy atom. The Balaban J connectivity index is 2.23. The van der Waals surface area contributed by atoms with Crippen LogP contribution in [0.25, 0.3) is 0 Å². The summed E-state index contributed by atoms with van der Waals surface area (Å²) in [5, 5.41) is 0. The molecular weight excluding hydrogens is 268 g/mol. The van der Waals surface area contributed by atoms with Crippen LogP contribution in [0.5, 0.6) is 0 Å². The summed E-state index contributed by atoms with van der Waals surface area (Å²) in [5.74, 6) is -0.479. The van der Waals surface area contributed by atoms with Crippen LogP contribution in [0.3, 0.4) is 0 Å². The monoisotopic (exact) mass is 280 g/mol. The summed E-state index contributed by atoms with van der Waals surface area (Å²) in [7, 11) is 0. The largest absolute Gasteiger partial charge is 0.389 e. The fourth-order valence-electron chi connectivity index (χ4n) is 1.25. The number of thioether (sulfide) groups is 1. The van der Waals surface area contributed by atoms with Crippen molar-refractivity contribution in [3.05, 3.63) is 30.1 Å². The fraction of sp³-hybridized carbons (Fsp3) is 0.417. The van der Waals surface area contributed by atoms with Crippen molar-refractivity contribution < 1.29 is 22.4 Å². The standard InChI is InChI=1S/C12H12F4OS/c13-9-3-5-11(6-4-9)18-8-10(17)2-1-7-12(14,15)16/h3-6H,1-2,7-8H2. The van der Waals surface area contributed by atoms with E-state index in [1.807, 2.05) is 0 Å². The second-order valence-corrected chi connectivity index (χ2v) is 4.80. The number of hydrogen-bond donors (Lipinski definition) is 0. The average Bonchev–Trinajstić information content (AvgIpc) is 2.26. The maximum absolute atomic E-state index is 12.6. The molecule has 0 atom stereocenters. The van der Waals surface area contributed by atoms with E-state index in [0.29, 0.717) is 0 Å². The molecule has 6 heteroatoms. The van der Waals surface area contributed by atoms with E-state index >= 15 is 0 Å². The molecule has 0 saturated heterocycles. The van der Waals surface area contributed by atoms with E-state index in [1.54, 1.807) is 0 Å². The first kappa shape index (κ1) is 15.0. The second-order valence-electron chi connectivity index (χ2n) is 3.75. The smallest absolute Gasteiger partial charge is 0.299 e. The minimum absolute atomic E-state index is 0.0757. The number of halogens is 4. The fourth-order valence-corrected chi connectivity index (χ4v) is 2.05. The van der Waals surface area contributed by atoms with Crippen LogP contribution >= 0.6 is 11.8 Å². The molecule has 0 aromatic heterocycles. The number of carbonyl (C=O) groups excluding carboxylic acids is 1. The number of ketones is 1. The lowest BCUT2D eigenvalue weighted by molar-refractivity contribution is -0.136. The van der Waals surface area contributed by atoms with Crippen LogP contribution in [-0.2, 0) is 4.79 Å². The minimum Gasteiger partial charge on any atom is -0.299 e. The molecule has 0 spiro atoms. The first-order valence-corrected chi connectivity index (χ1v) is 6.32. The van der Waals surface area contributed by atoms with Gasteiger partial charge < -0.3 is 0 Å². The molecule has 0 N–H and O–H groups in total. The van der Waals surface area contributed by atoms with Crippen molar-refractivity contribution in [1.82, 2.24) is 0 Å². The van der Waals surface area contributed by atoms with Crippen LogP contribution in [0.15, 0.2) is 29.2 Å². The van der Waals surface area contributed by atoms with Crippen molar-refractivity contribution in [1.29, 1.82) is 0 Å². The molecule has 100 valence electrons. The predicted octanol–water partition coefficient (Wildman–Crippen LogP) is 4.22. The SMILES string of the molecule is O=C(CCCC(F)(F)F)CSc1ccc(F)cc1. The van der Waals surface area contributed by atoms with E-state index < -0.39 is 12.6 Å². The van der Waals surface area contributed by atoms with Gasteiger partial charge in [0.2, 0.25) is 0 Å². The Hall–Kier alpha value is -1.04. The maximum atomic E-state index is 12.6. The van der Waals surface area contributed by atoms with Crippen LogP contribution in [-0.4, -0.2) is 17.7 Å². The Kier molecular flexibility index (Phi) is 5.65. The molecule has 0 aliphatic heterocycles. The number of Topliss-reactive ketones (excluding diaryl/α,β-unsaturated/α-hetero) is 1. The summed E-state index contributed by atoms with van der Waals surface area (Å²) >= 11 is 1.20. The van der Waals surface area contributed by atoms with Gasteiger partial charge in [0.05, 0.1) is 5.75 Å². The maximum Gasteiger partial charge on any atom is 0.389 e. The second kappa shape index (κ2) is 6.78. The molecular formula is C12H12F4OS. The summed E-state index contributed by atoms with van der Waals surface area (Å²) in [6, 6.07) is 5.61. The third-order valence-electron chi connectivity index (χ3n) is 2.13.